The van der Waals surface area contributed by atoms with E-state index in [1.807, 2.05) is 6.07 Å². The van der Waals surface area contributed by atoms with Gasteiger partial charge in [-0.3, -0.25) is 9.69 Å². The van der Waals surface area contributed by atoms with Gasteiger partial charge in [-0.25, -0.2) is 4.98 Å². The highest BCUT2D eigenvalue weighted by Crippen LogP contribution is 2.32. The van der Waals surface area contributed by atoms with Crippen LogP contribution in [0.4, 0.5) is 5.13 Å². The monoisotopic (exact) mass is 355 g/mol. The van der Waals surface area contributed by atoms with Crippen LogP contribution in [-0.2, 0) is 17.8 Å². The Kier molecular flexibility index (Phi) is 5.13. The molecule has 2 aliphatic rings. The van der Waals surface area contributed by atoms with E-state index in [1.165, 1.54) is 30.4 Å². The fraction of sp³-hybridized carbons (Fsp3) is 0.500. The van der Waals surface area contributed by atoms with Crippen molar-refractivity contribution in [1.82, 2.24) is 9.88 Å². The van der Waals surface area contributed by atoms with Crippen molar-refractivity contribution in [2.75, 3.05) is 18.4 Å². The van der Waals surface area contributed by atoms with Crippen molar-refractivity contribution in [3.8, 4) is 0 Å². The summed E-state index contributed by atoms with van der Waals surface area (Å²) in [4.78, 5) is 19.9. The van der Waals surface area contributed by atoms with E-state index < -0.39 is 0 Å². The third-order valence-electron chi connectivity index (χ3n) is 5.30. The Balaban J connectivity index is 1.40. The Hall–Kier alpha value is -1.72. The van der Waals surface area contributed by atoms with Crippen molar-refractivity contribution in [2.24, 2.45) is 0 Å². The van der Waals surface area contributed by atoms with Crippen LogP contribution in [0.15, 0.2) is 29.6 Å². The zero-order valence-electron chi connectivity index (χ0n) is 14.5. The largest absolute Gasteiger partial charge is 0.301 e. The molecule has 4 rings (SSSR count). The molecule has 0 saturated carbocycles. The highest BCUT2D eigenvalue weighted by Gasteiger charge is 2.26. The number of amides is 1. The molecule has 132 valence electrons. The average molecular weight is 356 g/mol. The molecule has 1 aliphatic carbocycles. The maximum Gasteiger partial charge on any atom is 0.233 e. The number of rotatable bonds is 4. The molecule has 0 spiro atoms. The molecule has 1 amide bonds. The Morgan fingerprint density at radius 1 is 1.20 bits per heavy atom. The van der Waals surface area contributed by atoms with Crippen LogP contribution in [0.2, 0.25) is 0 Å². The number of carbonyl (C=O) groups excluding carboxylic acids is 1. The number of aromatic nitrogens is 1. The van der Waals surface area contributed by atoms with Crippen LogP contribution in [0.3, 0.4) is 0 Å². The first kappa shape index (κ1) is 16.7. The first-order chi connectivity index (χ1) is 12.3. The van der Waals surface area contributed by atoms with Gasteiger partial charge in [-0.05, 0) is 56.3 Å². The number of thiazole rings is 1. The molecule has 4 nitrogen and oxygen atoms in total. The number of benzene rings is 1. The summed E-state index contributed by atoms with van der Waals surface area (Å²) in [7, 11) is 0. The van der Waals surface area contributed by atoms with Crippen molar-refractivity contribution >= 4 is 22.4 Å². The van der Waals surface area contributed by atoms with Gasteiger partial charge in [-0.1, -0.05) is 30.7 Å². The van der Waals surface area contributed by atoms with Crippen LogP contribution < -0.4 is 5.32 Å². The molecule has 5 heteroatoms. The summed E-state index contributed by atoms with van der Waals surface area (Å²) in [6.45, 7) is 3.23. The lowest BCUT2D eigenvalue weighted by molar-refractivity contribution is -0.117. The van der Waals surface area contributed by atoms with Crippen molar-refractivity contribution in [3.05, 3.63) is 46.5 Å². The molecule has 1 fully saturated rings. The molecule has 1 aliphatic heterocycles. The van der Waals surface area contributed by atoms with Gasteiger partial charge in [-0.2, -0.15) is 0 Å². The van der Waals surface area contributed by atoms with E-state index in [9.17, 15) is 4.79 Å². The summed E-state index contributed by atoms with van der Waals surface area (Å²) in [5.74, 6) is 0.0467. The number of hydrogen-bond acceptors (Lipinski definition) is 4. The summed E-state index contributed by atoms with van der Waals surface area (Å²) in [5.41, 5.74) is 3.58. The maximum atomic E-state index is 12.8. The Bertz CT molecular complexity index is 736. The fourth-order valence-electron chi connectivity index (χ4n) is 4.00. The van der Waals surface area contributed by atoms with E-state index in [2.05, 4.69) is 38.8 Å². The quantitative estimate of drug-likeness (QED) is 0.894. The van der Waals surface area contributed by atoms with Gasteiger partial charge in [0.25, 0.3) is 0 Å². The van der Waals surface area contributed by atoms with E-state index in [-0.39, 0.29) is 11.8 Å². The molecule has 1 aromatic carbocycles. The van der Waals surface area contributed by atoms with Crippen LogP contribution in [0.1, 0.15) is 54.8 Å². The molecule has 2 heterocycles. The van der Waals surface area contributed by atoms with Crippen molar-refractivity contribution in [1.29, 1.82) is 0 Å². The summed E-state index contributed by atoms with van der Waals surface area (Å²) < 4.78 is 0. The highest BCUT2D eigenvalue weighted by molar-refractivity contribution is 7.13. The molecule has 1 saturated heterocycles. The number of nitrogens with one attached hydrogen (secondary N) is 1. The van der Waals surface area contributed by atoms with Crippen LogP contribution in [0, 0.1) is 0 Å². The van der Waals surface area contributed by atoms with Crippen LogP contribution in [-0.4, -0.2) is 28.9 Å². The second kappa shape index (κ2) is 7.67. The zero-order valence-corrected chi connectivity index (χ0v) is 15.4. The van der Waals surface area contributed by atoms with Gasteiger partial charge in [0.2, 0.25) is 5.91 Å². The van der Waals surface area contributed by atoms with Gasteiger partial charge in [0.05, 0.1) is 11.6 Å². The minimum Gasteiger partial charge on any atom is -0.301 e. The van der Waals surface area contributed by atoms with E-state index in [1.54, 1.807) is 11.3 Å². The molecule has 1 atom stereocenters. The predicted molar refractivity (Wildman–Crippen MR) is 102 cm³/mol. The zero-order chi connectivity index (χ0) is 17.1. The second-order valence-corrected chi connectivity index (χ2v) is 7.97. The number of piperidine rings is 1. The first-order valence-electron chi connectivity index (χ1n) is 9.35. The lowest BCUT2D eigenvalue weighted by Gasteiger charge is -2.25. The molecular formula is C20H25N3OS. The van der Waals surface area contributed by atoms with Crippen LogP contribution in [0.25, 0.3) is 0 Å². The first-order valence-corrected chi connectivity index (χ1v) is 10.2. The third-order valence-corrected chi connectivity index (χ3v) is 6.11. The smallest absolute Gasteiger partial charge is 0.233 e. The third kappa shape index (κ3) is 3.93. The molecule has 1 unspecified atom stereocenters. The number of aryl methyl sites for hydroxylation is 1. The van der Waals surface area contributed by atoms with Gasteiger partial charge in [-0.15, -0.1) is 11.3 Å². The number of hydrogen-bond donors (Lipinski definition) is 1. The lowest BCUT2D eigenvalue weighted by atomic mass is 9.82. The number of nitrogens with zero attached hydrogens (tertiary/aromatic N) is 2. The number of anilines is 1. The topological polar surface area (TPSA) is 45.2 Å². The van der Waals surface area contributed by atoms with E-state index in [4.69, 9.17) is 0 Å². The molecule has 1 aromatic heterocycles. The minimum absolute atomic E-state index is 0.0422. The summed E-state index contributed by atoms with van der Waals surface area (Å²) in [6, 6.07) is 8.34. The average Bonchev–Trinajstić information content (AvgIpc) is 3.09. The second-order valence-electron chi connectivity index (χ2n) is 7.11. The molecule has 2 aromatic rings. The standard InChI is InChI=1S/C20H25N3OS/c24-19(18-10-6-8-15-7-2-3-9-17(15)18)22-20-21-16(14-25-20)13-23-11-4-1-5-12-23/h2-3,7,9,14,18H,1,4-6,8,10-13H2,(H,21,22,24). The fourth-order valence-corrected chi connectivity index (χ4v) is 4.71. The van der Waals surface area contributed by atoms with Crippen molar-refractivity contribution in [3.63, 3.8) is 0 Å². The summed E-state index contributed by atoms with van der Waals surface area (Å²) >= 11 is 1.54. The minimum atomic E-state index is -0.0422. The van der Waals surface area contributed by atoms with E-state index >= 15 is 0 Å². The highest BCUT2D eigenvalue weighted by atomic mass is 32.1. The summed E-state index contributed by atoms with van der Waals surface area (Å²) in [6.07, 6.45) is 7.00. The number of likely N-dealkylation sites (tertiary alicyclic amines) is 1. The lowest BCUT2D eigenvalue weighted by Crippen LogP contribution is -2.29. The van der Waals surface area contributed by atoms with Gasteiger partial charge >= 0.3 is 0 Å². The number of fused-ring (bicyclic) bond motifs is 1. The Labute approximate surface area is 153 Å². The molecule has 25 heavy (non-hydrogen) atoms. The Morgan fingerprint density at radius 3 is 2.92 bits per heavy atom. The summed E-state index contributed by atoms with van der Waals surface area (Å²) in [5, 5.41) is 5.88. The Morgan fingerprint density at radius 2 is 2.04 bits per heavy atom. The molecule has 0 radical (unpaired) electrons. The SMILES string of the molecule is O=C(Nc1nc(CN2CCCCC2)cs1)C1CCCc2ccccc21. The normalized spacial score (nSPS) is 20.9. The van der Waals surface area contributed by atoms with Gasteiger partial charge < -0.3 is 5.32 Å². The molecular weight excluding hydrogens is 330 g/mol. The van der Waals surface area contributed by atoms with Crippen molar-refractivity contribution < 1.29 is 4.79 Å². The predicted octanol–water partition coefficient (Wildman–Crippen LogP) is 4.19. The molecule has 0 bridgehead atoms. The molecule has 1 N–H and O–H groups in total. The van der Waals surface area contributed by atoms with Crippen LogP contribution in [0.5, 0.6) is 0 Å². The van der Waals surface area contributed by atoms with E-state index in [0.29, 0.717) is 0 Å². The number of carbonyl (C=O) groups is 1. The van der Waals surface area contributed by atoms with Gasteiger partial charge in [0.1, 0.15) is 0 Å². The van der Waals surface area contributed by atoms with Crippen molar-refractivity contribution in [2.45, 2.75) is 51.0 Å². The van der Waals surface area contributed by atoms with Gasteiger partial charge in [0, 0.05) is 11.9 Å². The van der Waals surface area contributed by atoms with Crippen LogP contribution >= 0.6 is 11.3 Å². The van der Waals surface area contributed by atoms with Gasteiger partial charge in [0.15, 0.2) is 5.13 Å². The maximum absolute atomic E-state index is 12.8. The van der Waals surface area contributed by atoms with E-state index in [0.717, 1.165) is 49.7 Å².